The Balaban J connectivity index is 1.13. The van der Waals surface area contributed by atoms with Crippen molar-refractivity contribution >= 4 is 92.4 Å². The first-order chi connectivity index (χ1) is 25.8. The fraction of sp³-hybridized carbons (Fsp3) is 0. The Morgan fingerprint density at radius 3 is 2.13 bits per heavy atom. The van der Waals surface area contributed by atoms with Gasteiger partial charge in [0.05, 0.1) is 15.8 Å². The number of fused-ring (bicyclic) bond motifs is 9. The Bertz CT molecular complexity index is 3130. The van der Waals surface area contributed by atoms with Gasteiger partial charge in [-0.25, -0.2) is 4.98 Å². The summed E-state index contributed by atoms with van der Waals surface area (Å²) in [6, 6.07) is 59.8. The average molecular weight is 685 g/mol. The lowest BCUT2D eigenvalue weighted by Gasteiger charge is -2.26. The maximum Gasteiger partial charge on any atom is 0.227 e. The molecule has 5 heteroatoms. The molecular weight excluding hydrogens is 657 g/mol. The van der Waals surface area contributed by atoms with Gasteiger partial charge in [0.25, 0.3) is 0 Å². The summed E-state index contributed by atoms with van der Waals surface area (Å²) in [5, 5.41) is 6.91. The summed E-state index contributed by atoms with van der Waals surface area (Å²) in [5.74, 6) is 0.595. The highest BCUT2D eigenvalue weighted by Gasteiger charge is 2.22. The van der Waals surface area contributed by atoms with E-state index in [1.165, 1.54) is 42.1 Å². The van der Waals surface area contributed by atoms with E-state index in [4.69, 9.17) is 13.8 Å². The van der Waals surface area contributed by atoms with Crippen LogP contribution in [0.2, 0.25) is 0 Å². The predicted molar refractivity (Wildman–Crippen MR) is 217 cm³/mol. The molecule has 0 fully saturated rings. The van der Waals surface area contributed by atoms with Crippen molar-refractivity contribution in [1.29, 1.82) is 0 Å². The third-order valence-electron chi connectivity index (χ3n) is 10.1. The van der Waals surface area contributed by atoms with Gasteiger partial charge in [-0.15, -0.1) is 11.3 Å². The molecule has 11 rings (SSSR count). The van der Waals surface area contributed by atoms with Crippen molar-refractivity contribution < 1.29 is 8.83 Å². The number of hydrogen-bond acceptors (Lipinski definition) is 5. The molecule has 0 saturated carbocycles. The van der Waals surface area contributed by atoms with Crippen molar-refractivity contribution in [2.75, 3.05) is 4.90 Å². The quantitative estimate of drug-likeness (QED) is 0.181. The first kappa shape index (κ1) is 29.1. The van der Waals surface area contributed by atoms with Crippen LogP contribution in [0.5, 0.6) is 0 Å². The van der Waals surface area contributed by atoms with Gasteiger partial charge < -0.3 is 13.7 Å². The van der Waals surface area contributed by atoms with E-state index in [1.807, 2.05) is 53.8 Å². The van der Waals surface area contributed by atoms with E-state index in [9.17, 15) is 0 Å². The topological polar surface area (TPSA) is 42.4 Å². The van der Waals surface area contributed by atoms with Crippen molar-refractivity contribution in [2.24, 2.45) is 0 Å². The summed E-state index contributed by atoms with van der Waals surface area (Å²) in [6.45, 7) is 0. The molecule has 4 nitrogen and oxygen atoms in total. The molecule has 3 heterocycles. The van der Waals surface area contributed by atoms with Crippen LogP contribution in [0.3, 0.4) is 0 Å². The zero-order valence-electron chi connectivity index (χ0n) is 27.8. The normalized spacial score (nSPS) is 11.8. The molecule has 11 aromatic rings. The Kier molecular flexibility index (Phi) is 6.39. The first-order valence-electron chi connectivity index (χ1n) is 17.4. The predicted octanol–water partition coefficient (Wildman–Crippen LogP) is 14.1. The zero-order chi connectivity index (χ0) is 34.2. The first-order valence-corrected chi connectivity index (χ1v) is 18.2. The number of nitrogens with zero attached hydrogens (tertiary/aromatic N) is 2. The second-order valence-electron chi connectivity index (χ2n) is 13.1. The Morgan fingerprint density at radius 2 is 1.23 bits per heavy atom. The zero-order valence-corrected chi connectivity index (χ0v) is 28.6. The number of hydrogen-bond donors (Lipinski definition) is 0. The Hall–Kier alpha value is -6.69. The number of anilines is 3. The van der Waals surface area contributed by atoms with Gasteiger partial charge in [-0.1, -0.05) is 103 Å². The number of rotatable bonds is 5. The second-order valence-corrected chi connectivity index (χ2v) is 14.2. The fourth-order valence-electron chi connectivity index (χ4n) is 7.68. The highest BCUT2D eigenvalue weighted by Crippen LogP contribution is 2.47. The number of aromatic nitrogens is 1. The summed E-state index contributed by atoms with van der Waals surface area (Å²) >= 11 is 1.83. The van der Waals surface area contributed by atoms with Gasteiger partial charge >= 0.3 is 0 Å². The maximum absolute atomic E-state index is 6.50. The molecule has 0 bridgehead atoms. The molecule has 52 heavy (non-hydrogen) atoms. The van der Waals surface area contributed by atoms with Crippen LogP contribution < -0.4 is 4.90 Å². The molecule has 0 N–H and O–H groups in total. The smallest absolute Gasteiger partial charge is 0.227 e. The van der Waals surface area contributed by atoms with Crippen LogP contribution in [0.25, 0.3) is 86.6 Å². The third-order valence-corrected chi connectivity index (χ3v) is 11.3. The summed E-state index contributed by atoms with van der Waals surface area (Å²) in [4.78, 5) is 7.24. The van der Waals surface area contributed by atoms with Crippen LogP contribution in [-0.2, 0) is 0 Å². The molecule has 0 aliphatic rings. The van der Waals surface area contributed by atoms with Crippen molar-refractivity contribution in [3.8, 4) is 22.6 Å². The summed E-state index contributed by atoms with van der Waals surface area (Å²) in [7, 11) is 0. The van der Waals surface area contributed by atoms with E-state index >= 15 is 0 Å². The van der Waals surface area contributed by atoms with Gasteiger partial charge in [-0.2, -0.15) is 0 Å². The highest BCUT2D eigenvalue weighted by atomic mass is 32.1. The average Bonchev–Trinajstić information content (AvgIpc) is 3.92. The number of thiophene rings is 1. The Morgan fingerprint density at radius 1 is 0.500 bits per heavy atom. The monoisotopic (exact) mass is 684 g/mol. The molecular formula is C47H28N2O2S. The molecule has 0 aliphatic carbocycles. The van der Waals surface area contributed by atoms with Crippen molar-refractivity contribution in [3.05, 3.63) is 170 Å². The fourth-order valence-corrected chi connectivity index (χ4v) is 8.89. The molecule has 8 aromatic carbocycles. The largest absolute Gasteiger partial charge is 0.456 e. The van der Waals surface area contributed by atoms with Crippen LogP contribution in [0.1, 0.15) is 0 Å². The lowest BCUT2D eigenvalue weighted by atomic mass is 9.98. The SMILES string of the molecule is c1ccc(-c2nc3ccc4oc5ccc(N(c6ccc(-c7cccc8ccccc78)cc6)c6cccc7c6sc6ccccc67)cc5c4c3o2)cc1. The highest BCUT2D eigenvalue weighted by molar-refractivity contribution is 7.26. The molecule has 0 atom stereocenters. The van der Waals surface area contributed by atoms with E-state index in [-0.39, 0.29) is 0 Å². The van der Waals surface area contributed by atoms with E-state index in [0.29, 0.717) is 5.89 Å². The maximum atomic E-state index is 6.50. The number of furan rings is 1. The van der Waals surface area contributed by atoms with Gasteiger partial charge in [-0.3, -0.25) is 0 Å². The van der Waals surface area contributed by atoms with Crippen LogP contribution >= 0.6 is 11.3 Å². The standard InChI is InChI=1S/C47H28N2O2S/c1-2-11-31(12-3-1)47-48-39-25-27-42-44(45(39)51-47)38-28-33(24-26-41(38)50-42)49(40-18-9-17-37-36-15-6-7-19-43(36)52-46(37)40)32-22-20-30(21-23-32)35-16-8-13-29-10-4-5-14-34(29)35/h1-28H. The number of benzene rings is 8. The lowest BCUT2D eigenvalue weighted by Crippen LogP contribution is -2.10. The molecule has 0 saturated heterocycles. The van der Waals surface area contributed by atoms with Gasteiger partial charge in [0.1, 0.15) is 16.7 Å². The molecule has 0 amide bonds. The molecule has 0 aliphatic heterocycles. The van der Waals surface area contributed by atoms with E-state index in [1.54, 1.807) is 0 Å². The number of oxazole rings is 1. The van der Waals surface area contributed by atoms with Crippen LogP contribution in [-0.4, -0.2) is 4.98 Å². The van der Waals surface area contributed by atoms with Gasteiger partial charge in [0.15, 0.2) is 5.58 Å². The van der Waals surface area contributed by atoms with Crippen molar-refractivity contribution in [2.45, 2.75) is 0 Å². The summed E-state index contributed by atoms with van der Waals surface area (Å²) in [5.41, 5.74) is 9.66. The molecule has 0 spiro atoms. The van der Waals surface area contributed by atoms with Crippen molar-refractivity contribution in [1.82, 2.24) is 4.98 Å². The van der Waals surface area contributed by atoms with E-state index < -0.39 is 0 Å². The van der Waals surface area contributed by atoms with Crippen molar-refractivity contribution in [3.63, 3.8) is 0 Å². The van der Waals surface area contributed by atoms with Gasteiger partial charge in [0, 0.05) is 37.8 Å². The van der Waals surface area contributed by atoms with Crippen LogP contribution in [0, 0.1) is 0 Å². The van der Waals surface area contributed by atoms with Crippen LogP contribution in [0.4, 0.5) is 17.1 Å². The minimum absolute atomic E-state index is 0.595. The molecule has 244 valence electrons. The minimum Gasteiger partial charge on any atom is -0.456 e. The van der Waals surface area contributed by atoms with Gasteiger partial charge in [0.2, 0.25) is 5.89 Å². The molecule has 0 unspecified atom stereocenters. The summed E-state index contributed by atoms with van der Waals surface area (Å²) < 4.78 is 15.4. The minimum atomic E-state index is 0.595. The van der Waals surface area contributed by atoms with E-state index in [0.717, 1.165) is 55.7 Å². The van der Waals surface area contributed by atoms with E-state index in [2.05, 4.69) is 132 Å². The Labute approximate surface area is 302 Å². The van der Waals surface area contributed by atoms with Gasteiger partial charge in [-0.05, 0) is 88.6 Å². The molecule has 3 aromatic heterocycles. The lowest BCUT2D eigenvalue weighted by molar-refractivity contribution is 0.622. The molecule has 0 radical (unpaired) electrons. The third kappa shape index (κ3) is 4.50. The summed E-state index contributed by atoms with van der Waals surface area (Å²) in [6.07, 6.45) is 0. The van der Waals surface area contributed by atoms with Crippen LogP contribution in [0.15, 0.2) is 179 Å². The second kappa shape index (κ2) is 11.4.